The molecule has 0 heterocycles. The van der Waals surface area contributed by atoms with Crippen LogP contribution in [0.25, 0.3) is 10.4 Å². The number of aryl methyl sites for hydroxylation is 1. The Morgan fingerprint density at radius 3 is 2.83 bits per heavy atom. The molecule has 0 radical (unpaired) electrons. The fraction of sp³-hybridized carbons (Fsp3) is 0.143. The highest BCUT2D eigenvalue weighted by Crippen LogP contribution is 2.31. The summed E-state index contributed by atoms with van der Waals surface area (Å²) in [6.07, 6.45) is 0. The number of azide groups is 1. The van der Waals surface area contributed by atoms with E-state index in [1.807, 2.05) is 13.0 Å². The van der Waals surface area contributed by atoms with Crippen molar-refractivity contribution in [3.05, 3.63) is 37.6 Å². The summed E-state index contributed by atoms with van der Waals surface area (Å²) in [6, 6.07) is 3.54. The molecule has 0 aromatic heterocycles. The van der Waals surface area contributed by atoms with Crippen molar-refractivity contribution < 1.29 is 0 Å². The molecular formula is C7H5BrClN3. The zero-order chi connectivity index (χ0) is 9.14. The van der Waals surface area contributed by atoms with Crippen molar-refractivity contribution in [2.45, 2.75) is 6.92 Å². The molecule has 0 N–H and O–H groups in total. The lowest BCUT2D eigenvalue weighted by molar-refractivity contribution is 1.39. The number of hydrogen-bond donors (Lipinski definition) is 0. The van der Waals surface area contributed by atoms with Crippen LogP contribution >= 0.6 is 27.5 Å². The second kappa shape index (κ2) is 3.81. The molecule has 1 aromatic rings. The van der Waals surface area contributed by atoms with Gasteiger partial charge in [0.25, 0.3) is 0 Å². The third kappa shape index (κ3) is 1.91. The van der Waals surface area contributed by atoms with E-state index in [0.29, 0.717) is 10.7 Å². The van der Waals surface area contributed by atoms with E-state index in [0.717, 1.165) is 10.0 Å². The van der Waals surface area contributed by atoms with Gasteiger partial charge in [0.1, 0.15) is 0 Å². The molecule has 62 valence electrons. The maximum absolute atomic E-state index is 8.21. The standard InChI is InChI=1S/C7H5BrClN3/c1-4-2-5(8)3-6(7(4)9)11-12-10/h2-3H,1H3. The molecule has 0 bridgehead atoms. The van der Waals surface area contributed by atoms with Crippen LogP contribution in [0.3, 0.4) is 0 Å². The lowest BCUT2D eigenvalue weighted by Gasteiger charge is -2.01. The fourth-order valence-electron chi connectivity index (χ4n) is 0.829. The number of halogens is 2. The van der Waals surface area contributed by atoms with Crippen molar-refractivity contribution >= 4 is 33.2 Å². The minimum atomic E-state index is 0.450. The first-order valence-electron chi connectivity index (χ1n) is 3.16. The number of nitrogens with zero attached hydrogens (tertiary/aromatic N) is 3. The van der Waals surface area contributed by atoms with Crippen LogP contribution in [0, 0.1) is 6.92 Å². The van der Waals surface area contributed by atoms with Gasteiger partial charge >= 0.3 is 0 Å². The first-order valence-corrected chi connectivity index (χ1v) is 4.33. The Balaban J connectivity index is 3.36. The van der Waals surface area contributed by atoms with Gasteiger partial charge in [0.05, 0.1) is 10.7 Å². The van der Waals surface area contributed by atoms with Crippen molar-refractivity contribution in [1.29, 1.82) is 0 Å². The minimum absolute atomic E-state index is 0.450. The van der Waals surface area contributed by atoms with Gasteiger partial charge in [-0.05, 0) is 30.2 Å². The molecule has 0 unspecified atom stereocenters. The van der Waals surface area contributed by atoms with Crippen LogP contribution in [0.2, 0.25) is 5.02 Å². The predicted octanol–water partition coefficient (Wildman–Crippen LogP) is 4.35. The molecule has 3 nitrogen and oxygen atoms in total. The Bertz CT molecular complexity index is 358. The van der Waals surface area contributed by atoms with Gasteiger partial charge in [-0.3, -0.25) is 0 Å². The Labute approximate surface area is 83.1 Å². The maximum atomic E-state index is 8.21. The van der Waals surface area contributed by atoms with Crippen molar-refractivity contribution in [3.8, 4) is 0 Å². The van der Waals surface area contributed by atoms with Crippen LogP contribution < -0.4 is 0 Å². The normalized spacial score (nSPS) is 9.25. The molecule has 0 aliphatic rings. The summed E-state index contributed by atoms with van der Waals surface area (Å²) in [6.45, 7) is 1.85. The molecule has 0 saturated heterocycles. The van der Waals surface area contributed by atoms with Gasteiger partial charge in [0.15, 0.2) is 0 Å². The molecule has 0 saturated carbocycles. The zero-order valence-electron chi connectivity index (χ0n) is 6.25. The monoisotopic (exact) mass is 245 g/mol. The van der Waals surface area contributed by atoms with Gasteiger partial charge < -0.3 is 0 Å². The van der Waals surface area contributed by atoms with E-state index in [1.165, 1.54) is 0 Å². The lowest BCUT2D eigenvalue weighted by Crippen LogP contribution is -1.75. The summed E-state index contributed by atoms with van der Waals surface area (Å²) in [5.41, 5.74) is 9.54. The summed E-state index contributed by atoms with van der Waals surface area (Å²) in [5, 5.41) is 3.94. The number of hydrogen-bond acceptors (Lipinski definition) is 1. The van der Waals surface area contributed by atoms with Crippen LogP contribution in [-0.2, 0) is 0 Å². The van der Waals surface area contributed by atoms with E-state index < -0.39 is 0 Å². The average Bonchev–Trinajstić information content (AvgIpc) is 2.00. The quantitative estimate of drug-likeness (QED) is 0.402. The molecule has 0 aliphatic carbocycles. The van der Waals surface area contributed by atoms with Gasteiger partial charge in [0.2, 0.25) is 0 Å². The smallest absolute Gasteiger partial charge is 0.0575 e. The predicted molar refractivity (Wildman–Crippen MR) is 52.7 cm³/mol. The molecule has 0 aliphatic heterocycles. The third-order valence-electron chi connectivity index (χ3n) is 1.35. The molecule has 1 aromatic carbocycles. The molecule has 0 atom stereocenters. The number of rotatable bonds is 1. The molecule has 0 fully saturated rings. The topological polar surface area (TPSA) is 48.8 Å². The van der Waals surface area contributed by atoms with E-state index in [1.54, 1.807) is 6.07 Å². The first kappa shape index (κ1) is 9.39. The van der Waals surface area contributed by atoms with Gasteiger partial charge in [-0.15, -0.1) is 0 Å². The maximum Gasteiger partial charge on any atom is 0.0575 e. The minimum Gasteiger partial charge on any atom is -0.0836 e. The second-order valence-electron chi connectivity index (χ2n) is 2.25. The lowest BCUT2D eigenvalue weighted by atomic mass is 10.2. The Kier molecular flexibility index (Phi) is 2.98. The molecule has 12 heavy (non-hydrogen) atoms. The third-order valence-corrected chi connectivity index (χ3v) is 2.30. The summed E-state index contributed by atoms with van der Waals surface area (Å²) < 4.78 is 0.854. The summed E-state index contributed by atoms with van der Waals surface area (Å²) in [4.78, 5) is 2.67. The summed E-state index contributed by atoms with van der Waals surface area (Å²) in [5.74, 6) is 0. The van der Waals surface area contributed by atoms with Crippen LogP contribution in [0.4, 0.5) is 5.69 Å². The van der Waals surface area contributed by atoms with E-state index >= 15 is 0 Å². The second-order valence-corrected chi connectivity index (χ2v) is 3.54. The molecule has 5 heteroatoms. The summed E-state index contributed by atoms with van der Waals surface area (Å²) >= 11 is 9.13. The first-order chi connectivity index (χ1) is 5.65. The Morgan fingerprint density at radius 2 is 2.25 bits per heavy atom. The van der Waals surface area contributed by atoms with Crippen molar-refractivity contribution in [1.82, 2.24) is 0 Å². The highest BCUT2D eigenvalue weighted by molar-refractivity contribution is 9.10. The van der Waals surface area contributed by atoms with Crippen molar-refractivity contribution in [2.75, 3.05) is 0 Å². The number of benzene rings is 1. The molecule has 1 rings (SSSR count). The molecule has 0 amide bonds. The summed E-state index contributed by atoms with van der Waals surface area (Å²) in [7, 11) is 0. The SMILES string of the molecule is Cc1cc(Br)cc(N=[N+]=[N-])c1Cl. The largest absolute Gasteiger partial charge is 0.0836 e. The van der Waals surface area contributed by atoms with E-state index in [2.05, 4.69) is 26.0 Å². The van der Waals surface area contributed by atoms with Gasteiger partial charge in [-0.25, -0.2) is 0 Å². The van der Waals surface area contributed by atoms with Crippen molar-refractivity contribution in [3.63, 3.8) is 0 Å². The van der Waals surface area contributed by atoms with Gasteiger partial charge in [0, 0.05) is 9.38 Å². The van der Waals surface area contributed by atoms with E-state index in [9.17, 15) is 0 Å². The van der Waals surface area contributed by atoms with Gasteiger partial charge in [-0.1, -0.05) is 32.6 Å². The highest BCUT2D eigenvalue weighted by Gasteiger charge is 2.02. The van der Waals surface area contributed by atoms with Crippen LogP contribution in [0.15, 0.2) is 21.7 Å². The molecular weight excluding hydrogens is 241 g/mol. The van der Waals surface area contributed by atoms with E-state index in [-0.39, 0.29) is 0 Å². The highest BCUT2D eigenvalue weighted by atomic mass is 79.9. The zero-order valence-corrected chi connectivity index (χ0v) is 8.59. The van der Waals surface area contributed by atoms with Crippen LogP contribution in [0.1, 0.15) is 5.56 Å². The van der Waals surface area contributed by atoms with E-state index in [4.69, 9.17) is 17.1 Å². The Hall–Kier alpha value is -0.700. The average molecular weight is 246 g/mol. The van der Waals surface area contributed by atoms with Crippen LogP contribution in [-0.4, -0.2) is 0 Å². The molecule has 0 spiro atoms. The Morgan fingerprint density at radius 1 is 1.58 bits per heavy atom. The van der Waals surface area contributed by atoms with Crippen LogP contribution in [0.5, 0.6) is 0 Å². The van der Waals surface area contributed by atoms with Crippen molar-refractivity contribution in [2.24, 2.45) is 5.11 Å². The fourth-order valence-corrected chi connectivity index (χ4v) is 1.54. The van der Waals surface area contributed by atoms with Gasteiger partial charge in [-0.2, -0.15) is 0 Å².